The standard InChI is InChI=1S/C35H58BN3O7SSi.2C16H21BN4O3S.C2H6O.CH5N/c1-15-18-47(42,43)39(32(41)44-33(8,9)10)26-19-25(20-26)30(40)29-27-16-17-38(48(22(2)3,23(4)5)24(6)7)31(27)37-21-28(29)36-45-34(11,12)35(13,14)46-36;2*1-2-5-25(23,24)9-10-6-11(7-10)15-14-12-3-4-18-16(12)19-8-13(14)17(22)21-20-15;1-2-3;1-2/h16-17,21-26H,15,18-20H2,1-14H3;2*3-4,8,10-11,21-22H,2,5-7,9H2,1H3,(H,18,19);3H,2H2,1H3;2H2,1H3. The summed E-state index contributed by atoms with van der Waals surface area (Å²) in [6, 6.07) is 5.22. The third-order valence-electron chi connectivity index (χ3n) is 21.0. The summed E-state index contributed by atoms with van der Waals surface area (Å²) in [7, 11) is -13.1. The third-order valence-corrected chi connectivity index (χ3v) is 33.8. The number of aromatic nitrogens is 6. The number of sulfonamides is 1. The number of hydrogen-bond donors (Lipinski definition) is 8. The summed E-state index contributed by atoms with van der Waals surface area (Å²) in [5.74, 6) is 1.07. The van der Waals surface area contributed by atoms with Crippen LogP contribution in [0.4, 0.5) is 4.79 Å². The van der Waals surface area contributed by atoms with Crippen molar-refractivity contribution in [3.63, 3.8) is 0 Å². The minimum Gasteiger partial charge on any atom is -0.443 e. The lowest BCUT2D eigenvalue weighted by Gasteiger charge is -2.44. The van der Waals surface area contributed by atoms with Gasteiger partial charge in [0.05, 0.1) is 45.9 Å². The molecule has 0 aromatic carbocycles. The van der Waals surface area contributed by atoms with Gasteiger partial charge in [-0.1, -0.05) is 62.3 Å². The number of aliphatic hydroxyl groups excluding tert-OH is 1. The van der Waals surface area contributed by atoms with E-state index in [2.05, 4.69) is 98.5 Å². The summed E-state index contributed by atoms with van der Waals surface area (Å²) in [5, 5.41) is 44.8. The van der Waals surface area contributed by atoms with Crippen LogP contribution < -0.4 is 32.8 Å². The van der Waals surface area contributed by atoms with E-state index in [4.69, 9.17) is 24.1 Å². The van der Waals surface area contributed by atoms with E-state index in [1.165, 1.54) is 7.05 Å². The highest BCUT2D eigenvalue weighted by Gasteiger charge is 2.55. The van der Waals surface area contributed by atoms with Gasteiger partial charge in [-0.3, -0.25) is 4.79 Å². The van der Waals surface area contributed by atoms with Gasteiger partial charge in [-0.15, -0.1) is 0 Å². The van der Waals surface area contributed by atoms with Gasteiger partial charge in [0.2, 0.25) is 10.0 Å². The Morgan fingerprint density at radius 3 is 1.49 bits per heavy atom. The van der Waals surface area contributed by atoms with E-state index in [0.29, 0.717) is 46.9 Å². The van der Waals surface area contributed by atoms with Crippen LogP contribution in [-0.2, 0) is 43.7 Å². The van der Waals surface area contributed by atoms with E-state index >= 15 is 0 Å². The summed E-state index contributed by atoms with van der Waals surface area (Å²) in [6.07, 6.45) is 15.3. The first kappa shape index (κ1) is 82.6. The first-order valence-corrected chi connectivity index (χ1v) is 43.9. The van der Waals surface area contributed by atoms with Crippen molar-refractivity contribution < 1.29 is 64.0 Å². The number of aliphatic hydroxyl groups is 1. The highest BCUT2D eigenvalue weighted by Crippen LogP contribution is 2.47. The second-order valence-corrected chi connectivity index (χ2v) is 43.2. The smallest absolute Gasteiger partial charge is 0.443 e. The molecule has 6 aromatic heterocycles. The number of ether oxygens (including phenoxy) is 1. The van der Waals surface area contributed by atoms with Gasteiger partial charge >= 0.3 is 27.3 Å². The van der Waals surface area contributed by atoms with Gasteiger partial charge in [0.25, 0.3) is 0 Å². The first-order valence-electron chi connectivity index (χ1n) is 36.5. The van der Waals surface area contributed by atoms with Gasteiger partial charge in [0, 0.05) is 116 Å². The van der Waals surface area contributed by atoms with E-state index in [1.807, 2.05) is 72.1 Å². The number of fused-ring (bicyclic) bond motifs is 7. The molecule has 103 heavy (non-hydrogen) atoms. The molecular weight excluding hydrogens is 1390 g/mol. The van der Waals surface area contributed by atoms with Gasteiger partial charge in [-0.25, -0.2) is 49.3 Å². The maximum Gasteiger partial charge on any atom is 0.497 e. The van der Waals surface area contributed by atoms with E-state index in [9.17, 15) is 44.9 Å². The van der Waals surface area contributed by atoms with Gasteiger partial charge < -0.3 is 59.8 Å². The van der Waals surface area contributed by atoms with Crippen molar-refractivity contribution in [2.75, 3.05) is 42.4 Å². The zero-order chi connectivity index (χ0) is 76.3. The van der Waals surface area contributed by atoms with E-state index in [1.54, 1.807) is 53.2 Å². The average molecular weight is 1500 g/mol. The molecule has 6 aliphatic rings. The van der Waals surface area contributed by atoms with Crippen LogP contribution in [0.5, 0.6) is 0 Å². The Bertz CT molecular complexity index is 4200. The third kappa shape index (κ3) is 17.5. The number of aromatic amines is 2. The minimum absolute atomic E-state index is 0.121. The number of Topliss-reactive ketones (excluding diaryl/α,β-unsaturated/α-hetero) is 1. The van der Waals surface area contributed by atoms with Crippen molar-refractivity contribution in [1.29, 1.82) is 0 Å². The van der Waals surface area contributed by atoms with E-state index in [-0.39, 0.29) is 77.7 Å². The van der Waals surface area contributed by atoms with Crippen LogP contribution in [0.25, 0.3) is 33.1 Å². The lowest BCUT2D eigenvalue weighted by Crippen LogP contribution is -2.54. The lowest BCUT2D eigenvalue weighted by molar-refractivity contribution is 0.00578. The van der Waals surface area contributed by atoms with Crippen LogP contribution in [0, 0.1) is 29.6 Å². The first-order chi connectivity index (χ1) is 48.3. The number of nitrogens with zero attached hydrogens (tertiary/aromatic N) is 7. The molecular formula is C70H111B3N12O14S3Si. The summed E-state index contributed by atoms with van der Waals surface area (Å²) >= 11 is 0. The summed E-state index contributed by atoms with van der Waals surface area (Å²) < 4.78 is 96.4. The predicted molar refractivity (Wildman–Crippen MR) is 415 cm³/mol. The largest absolute Gasteiger partial charge is 0.497 e. The molecule has 3 saturated carbocycles. The maximum atomic E-state index is 14.7. The molecule has 566 valence electrons. The molecule has 3 aliphatic carbocycles. The quantitative estimate of drug-likeness (QED) is 0.0253. The number of ketones is 1. The zero-order valence-electron chi connectivity index (χ0n) is 63.5. The topological polar surface area (TPSA) is 378 Å². The second kappa shape index (κ2) is 33.0. The molecule has 33 heteroatoms. The number of carbonyl (C=O) groups excluding carboxylic acids is 2. The number of H-pyrrole nitrogens is 2. The fourth-order valence-corrected chi connectivity index (χ4v) is 27.6. The van der Waals surface area contributed by atoms with E-state index in [0.717, 1.165) is 96.6 Å². The number of carbonyl (C=O) groups is 2. The van der Waals surface area contributed by atoms with Gasteiger partial charge in [0.15, 0.2) is 33.7 Å². The monoisotopic (exact) mass is 1500 g/mol. The number of amides is 1. The van der Waals surface area contributed by atoms with Crippen LogP contribution in [-0.4, -0.2) is 192 Å². The minimum atomic E-state index is -3.94. The van der Waals surface area contributed by atoms with Crippen molar-refractivity contribution in [1.82, 2.24) is 44.1 Å². The Morgan fingerprint density at radius 1 is 0.670 bits per heavy atom. The molecule has 4 fully saturated rings. The Hall–Kier alpha value is -6.03. The predicted octanol–water partition coefficient (Wildman–Crippen LogP) is 7.69. The molecule has 0 radical (unpaired) electrons. The Labute approximate surface area is 611 Å². The number of hydrazone groups is 2. The molecule has 1 amide bonds. The Balaban J connectivity index is 0.000000205. The second-order valence-electron chi connectivity index (χ2n) is 31.1. The molecule has 6 aromatic rings. The van der Waals surface area contributed by atoms with Crippen molar-refractivity contribution in [3.05, 3.63) is 72.1 Å². The van der Waals surface area contributed by atoms with Crippen LogP contribution in [0.2, 0.25) is 16.6 Å². The summed E-state index contributed by atoms with van der Waals surface area (Å²) in [4.78, 5) is 47.8. The number of rotatable bonds is 21. The normalized spacial score (nSPS) is 21.3. The van der Waals surface area contributed by atoms with Crippen molar-refractivity contribution >= 4 is 132 Å². The summed E-state index contributed by atoms with van der Waals surface area (Å²) in [5.41, 5.74) is 12.1. The number of hydrogen-bond acceptors (Lipinski definition) is 22. The molecule has 9 heterocycles. The molecule has 26 nitrogen and oxygen atoms in total. The number of sulfone groups is 2. The van der Waals surface area contributed by atoms with Crippen molar-refractivity contribution in [2.45, 2.75) is 215 Å². The number of nitrogens with two attached hydrogens (primary N) is 1. The van der Waals surface area contributed by atoms with Crippen LogP contribution in [0.1, 0.15) is 197 Å². The van der Waals surface area contributed by atoms with Gasteiger partial charge in [0.1, 0.15) is 22.5 Å². The van der Waals surface area contributed by atoms with Gasteiger partial charge in [-0.2, -0.15) is 10.2 Å². The van der Waals surface area contributed by atoms with Crippen LogP contribution in [0.15, 0.2) is 65.6 Å². The number of pyridine rings is 3. The molecule has 0 atom stereocenters. The van der Waals surface area contributed by atoms with E-state index < -0.39 is 94.0 Å². The molecule has 1 saturated heterocycles. The molecule has 9 N–H and O–H groups in total. The fourth-order valence-electron chi connectivity index (χ4n) is 15.9. The molecule has 3 aliphatic heterocycles. The zero-order valence-corrected chi connectivity index (χ0v) is 66.9. The SMILES string of the molecule is CCCS(=O)(=O)CC1CC(C2=NNB(O)c3cnc4[nH]ccc4c32)C1.CCCS(=O)(=O)CC1CC(C2=NNB(O)c3cnc4[nH]ccc4c32)C1.CCCS(=O)(=O)N(C(=O)OC(C)(C)C)C1CC(C(=O)c2c(B3OC(C)(C)C(C)(C)O3)cnc3c2ccn3[Si](C(C)C)(C(C)C)C(C)C)C1.CCO.CN. The molecule has 12 rings (SSSR count). The van der Waals surface area contributed by atoms with Crippen molar-refractivity contribution in [3.8, 4) is 0 Å². The Morgan fingerprint density at radius 2 is 1.09 bits per heavy atom. The van der Waals surface area contributed by atoms with Gasteiger partial charge in [-0.05, 0) is 173 Å². The molecule has 0 unspecified atom stereocenters. The summed E-state index contributed by atoms with van der Waals surface area (Å²) in [6.45, 7) is 34.2. The number of nitrogens with one attached hydrogen (secondary N) is 4. The molecule has 0 spiro atoms. The average Bonchev–Trinajstić information content (AvgIpc) is 1.48. The van der Waals surface area contributed by atoms with Crippen LogP contribution in [0.3, 0.4) is 0 Å². The molecule has 0 bridgehead atoms. The Kier molecular flexibility index (Phi) is 26.5. The fraction of sp³-hybridized carbons (Fsp3) is 0.643. The highest BCUT2D eigenvalue weighted by atomic mass is 32.2. The van der Waals surface area contributed by atoms with Crippen LogP contribution >= 0.6 is 0 Å². The van der Waals surface area contributed by atoms with Crippen molar-refractivity contribution in [2.24, 2.45) is 45.5 Å². The highest BCUT2D eigenvalue weighted by molar-refractivity contribution is 7.91. The maximum absolute atomic E-state index is 14.7. The lowest BCUT2D eigenvalue weighted by atomic mass is 9.65.